The molecule has 0 aliphatic heterocycles. The second kappa shape index (κ2) is 7.05. The van der Waals surface area contributed by atoms with Gasteiger partial charge in [0.25, 0.3) is 0 Å². The zero-order valence-corrected chi connectivity index (χ0v) is 14.0. The van der Waals surface area contributed by atoms with Gasteiger partial charge in [0.2, 0.25) is 0 Å². The molecule has 112 valence electrons. The molecule has 0 saturated carbocycles. The summed E-state index contributed by atoms with van der Waals surface area (Å²) in [6, 6.07) is 10.5. The summed E-state index contributed by atoms with van der Waals surface area (Å²) in [4.78, 5) is 0. The topological polar surface area (TPSA) is 21.3 Å². The van der Waals surface area contributed by atoms with Crippen LogP contribution in [-0.2, 0) is 0 Å². The number of rotatable bonds is 5. The molecule has 2 nitrogen and oxygen atoms in total. The van der Waals surface area contributed by atoms with E-state index in [0.29, 0.717) is 5.56 Å². The number of hydrogen-bond acceptors (Lipinski definition) is 2. The largest absolute Gasteiger partial charge is 0.496 e. The second-order valence-corrected chi connectivity index (χ2v) is 5.71. The smallest absolute Gasteiger partial charge is 0.128 e. The monoisotopic (exact) mass is 351 g/mol. The molecule has 4 heteroatoms. The average Bonchev–Trinajstić information content (AvgIpc) is 2.48. The van der Waals surface area contributed by atoms with Gasteiger partial charge in [0.15, 0.2) is 0 Å². The minimum Gasteiger partial charge on any atom is -0.496 e. The van der Waals surface area contributed by atoms with E-state index < -0.39 is 0 Å². The van der Waals surface area contributed by atoms with E-state index in [2.05, 4.69) is 21.2 Å². The number of benzene rings is 2. The molecule has 0 amide bonds. The summed E-state index contributed by atoms with van der Waals surface area (Å²) in [5.41, 5.74) is 2.62. The van der Waals surface area contributed by atoms with Gasteiger partial charge in [-0.2, -0.15) is 0 Å². The maximum Gasteiger partial charge on any atom is 0.128 e. The van der Waals surface area contributed by atoms with Crippen LogP contribution in [0.15, 0.2) is 40.9 Å². The van der Waals surface area contributed by atoms with Crippen molar-refractivity contribution in [1.82, 2.24) is 5.32 Å². The Morgan fingerprint density at radius 2 is 1.95 bits per heavy atom. The minimum atomic E-state index is -0.247. The first-order valence-corrected chi connectivity index (χ1v) is 7.69. The molecule has 0 aliphatic carbocycles. The lowest BCUT2D eigenvalue weighted by Gasteiger charge is -2.22. The van der Waals surface area contributed by atoms with E-state index in [9.17, 15) is 4.39 Å². The molecule has 0 fully saturated rings. The highest BCUT2D eigenvalue weighted by atomic mass is 79.9. The van der Waals surface area contributed by atoms with Crippen LogP contribution < -0.4 is 10.1 Å². The average molecular weight is 352 g/mol. The van der Waals surface area contributed by atoms with Crippen molar-refractivity contribution in [3.05, 3.63) is 63.4 Å². The molecule has 2 aromatic rings. The lowest BCUT2D eigenvalue weighted by atomic mass is 9.96. The fraction of sp³-hybridized carbons (Fsp3) is 0.294. The fourth-order valence-electron chi connectivity index (χ4n) is 2.37. The van der Waals surface area contributed by atoms with Crippen LogP contribution in [0.25, 0.3) is 0 Å². The van der Waals surface area contributed by atoms with Crippen LogP contribution in [0.4, 0.5) is 4.39 Å². The quantitative estimate of drug-likeness (QED) is 0.849. The van der Waals surface area contributed by atoms with Gasteiger partial charge >= 0.3 is 0 Å². The van der Waals surface area contributed by atoms with E-state index in [0.717, 1.165) is 27.9 Å². The van der Waals surface area contributed by atoms with Crippen LogP contribution in [0.2, 0.25) is 0 Å². The summed E-state index contributed by atoms with van der Waals surface area (Å²) in [5, 5.41) is 3.34. The van der Waals surface area contributed by atoms with Gasteiger partial charge in [0, 0.05) is 15.6 Å². The standard InChI is InChI=1S/C17H19BrFNO/c1-4-20-17(12-7-5-6-8-15(12)19)13-10-14(18)11(2)9-16(13)21-3/h5-10,17,20H,4H2,1-3H3. The molecular weight excluding hydrogens is 333 g/mol. The van der Waals surface area contributed by atoms with Crippen molar-refractivity contribution < 1.29 is 9.13 Å². The Hall–Kier alpha value is -1.39. The van der Waals surface area contributed by atoms with Crippen molar-refractivity contribution in [2.24, 2.45) is 0 Å². The normalized spacial score (nSPS) is 12.2. The van der Waals surface area contributed by atoms with E-state index >= 15 is 0 Å². The Morgan fingerprint density at radius 1 is 1.24 bits per heavy atom. The van der Waals surface area contributed by atoms with Gasteiger partial charge in [0.05, 0.1) is 13.2 Å². The van der Waals surface area contributed by atoms with Gasteiger partial charge in [-0.25, -0.2) is 4.39 Å². The van der Waals surface area contributed by atoms with Gasteiger partial charge in [-0.1, -0.05) is 41.1 Å². The molecule has 2 aromatic carbocycles. The predicted octanol–water partition coefficient (Wildman–Crippen LogP) is 4.60. The van der Waals surface area contributed by atoms with Gasteiger partial charge < -0.3 is 10.1 Å². The molecule has 0 heterocycles. The van der Waals surface area contributed by atoms with E-state index in [-0.39, 0.29) is 11.9 Å². The van der Waals surface area contributed by atoms with Crippen LogP contribution in [0.3, 0.4) is 0 Å². The Kier molecular flexibility index (Phi) is 5.37. The molecule has 0 saturated heterocycles. The molecule has 21 heavy (non-hydrogen) atoms. The highest BCUT2D eigenvalue weighted by molar-refractivity contribution is 9.10. The predicted molar refractivity (Wildman–Crippen MR) is 87.4 cm³/mol. The third kappa shape index (κ3) is 3.44. The summed E-state index contributed by atoms with van der Waals surface area (Å²) >= 11 is 3.54. The van der Waals surface area contributed by atoms with Crippen molar-refractivity contribution in [2.75, 3.05) is 13.7 Å². The fourth-order valence-corrected chi connectivity index (χ4v) is 2.73. The van der Waals surface area contributed by atoms with Crippen LogP contribution in [0, 0.1) is 12.7 Å². The number of nitrogens with one attached hydrogen (secondary N) is 1. The van der Waals surface area contributed by atoms with Crippen molar-refractivity contribution in [3.8, 4) is 5.75 Å². The minimum absolute atomic E-state index is 0.220. The first-order valence-electron chi connectivity index (χ1n) is 6.90. The van der Waals surface area contributed by atoms with Crippen molar-refractivity contribution >= 4 is 15.9 Å². The van der Waals surface area contributed by atoms with Crippen molar-refractivity contribution in [3.63, 3.8) is 0 Å². The summed E-state index contributed by atoms with van der Waals surface area (Å²) < 4.78 is 20.6. The molecule has 0 bridgehead atoms. The Labute approximate surface area is 133 Å². The lowest BCUT2D eigenvalue weighted by Crippen LogP contribution is -2.23. The SMILES string of the molecule is CCNC(c1ccccc1F)c1cc(Br)c(C)cc1OC. The van der Waals surface area contributed by atoms with Crippen LogP contribution in [0.5, 0.6) is 5.75 Å². The second-order valence-electron chi connectivity index (χ2n) is 4.86. The highest BCUT2D eigenvalue weighted by Gasteiger charge is 2.21. The first-order chi connectivity index (χ1) is 10.1. The molecule has 2 rings (SSSR count). The zero-order valence-electron chi connectivity index (χ0n) is 12.4. The van der Waals surface area contributed by atoms with Gasteiger partial charge in [-0.15, -0.1) is 0 Å². The van der Waals surface area contributed by atoms with Crippen LogP contribution in [0.1, 0.15) is 29.7 Å². The maximum absolute atomic E-state index is 14.2. The van der Waals surface area contributed by atoms with Gasteiger partial charge in [0.1, 0.15) is 11.6 Å². The molecule has 0 radical (unpaired) electrons. The van der Waals surface area contributed by atoms with Crippen LogP contribution >= 0.6 is 15.9 Å². The van der Waals surface area contributed by atoms with Crippen LogP contribution in [-0.4, -0.2) is 13.7 Å². The number of methoxy groups -OCH3 is 1. The highest BCUT2D eigenvalue weighted by Crippen LogP contribution is 2.35. The molecule has 1 N–H and O–H groups in total. The Balaban J connectivity index is 2.58. The summed E-state index contributed by atoms with van der Waals surface area (Å²) in [6.07, 6.45) is 0. The van der Waals surface area contributed by atoms with Gasteiger partial charge in [-0.05, 0) is 37.2 Å². The number of aryl methyl sites for hydroxylation is 1. The van der Waals surface area contributed by atoms with E-state index in [1.807, 2.05) is 32.0 Å². The number of hydrogen-bond donors (Lipinski definition) is 1. The summed E-state index contributed by atoms with van der Waals surface area (Å²) in [5.74, 6) is 0.534. The molecule has 0 aliphatic rings. The van der Waals surface area contributed by atoms with E-state index in [4.69, 9.17) is 4.74 Å². The maximum atomic E-state index is 14.2. The Bertz CT molecular complexity index is 630. The third-order valence-electron chi connectivity index (χ3n) is 3.45. The summed E-state index contributed by atoms with van der Waals surface area (Å²) in [6.45, 7) is 4.74. The zero-order chi connectivity index (χ0) is 15.4. The molecule has 0 aromatic heterocycles. The number of halogens is 2. The lowest BCUT2D eigenvalue weighted by molar-refractivity contribution is 0.403. The Morgan fingerprint density at radius 3 is 2.57 bits per heavy atom. The van der Waals surface area contributed by atoms with E-state index in [1.165, 1.54) is 6.07 Å². The van der Waals surface area contributed by atoms with E-state index in [1.54, 1.807) is 19.2 Å². The molecular formula is C17H19BrFNO. The summed E-state index contributed by atoms with van der Waals surface area (Å²) in [7, 11) is 1.64. The number of ether oxygens (including phenoxy) is 1. The molecule has 1 unspecified atom stereocenters. The molecule has 0 spiro atoms. The van der Waals surface area contributed by atoms with Gasteiger partial charge in [-0.3, -0.25) is 0 Å². The molecule has 1 atom stereocenters. The van der Waals surface area contributed by atoms with Crippen molar-refractivity contribution in [2.45, 2.75) is 19.9 Å². The van der Waals surface area contributed by atoms with Crippen molar-refractivity contribution in [1.29, 1.82) is 0 Å². The third-order valence-corrected chi connectivity index (χ3v) is 4.30. The first kappa shape index (κ1) is 16.0.